The molecule has 4 saturated carbocycles. The van der Waals surface area contributed by atoms with Crippen LogP contribution in [0, 0.1) is 33.5 Å². The molecule has 5 rings (SSSR count). The Morgan fingerprint density at radius 3 is 1.47 bits per heavy atom. The first-order valence-corrected chi connectivity index (χ1v) is 17.2. The SMILES string of the molecule is CC1(C)C2CCC1(CS(=O)(=O)NCc1cccc(CNS(=O)(=O)CC34CCC(CC3O)C4(C)C)c1)C(O)C2. The van der Waals surface area contributed by atoms with Crippen LogP contribution in [0.4, 0.5) is 0 Å². The first kappa shape index (κ1) is 28.5. The summed E-state index contributed by atoms with van der Waals surface area (Å²) < 4.78 is 57.8. The van der Waals surface area contributed by atoms with Crippen LogP contribution in [0.25, 0.3) is 0 Å². The number of aliphatic hydroxyl groups excluding tert-OH is 2. The Morgan fingerprint density at radius 2 is 1.16 bits per heavy atom. The lowest BCUT2D eigenvalue weighted by atomic mass is 9.70. The van der Waals surface area contributed by atoms with Gasteiger partial charge >= 0.3 is 0 Å². The van der Waals surface area contributed by atoms with Crippen molar-refractivity contribution < 1.29 is 27.0 Å². The molecule has 1 aromatic carbocycles. The highest BCUT2D eigenvalue weighted by atomic mass is 32.2. The number of aliphatic hydroxyl groups is 2. The van der Waals surface area contributed by atoms with Gasteiger partial charge in [-0.2, -0.15) is 0 Å². The number of fused-ring (bicyclic) bond motifs is 4. The zero-order valence-corrected chi connectivity index (χ0v) is 24.7. The van der Waals surface area contributed by atoms with E-state index in [0.29, 0.717) is 24.7 Å². The standard InChI is InChI=1S/C28H44N2O6S2/c1-25(2)21-8-10-27(25,23(31)13-21)17-37(33,34)29-15-19-6-5-7-20(12-19)16-30-38(35,36)18-28-11-9-22(14-24(28)32)26(28,3)4/h5-7,12,21-24,29-32H,8-11,13-18H2,1-4H3. The number of benzene rings is 1. The smallest absolute Gasteiger partial charge is 0.212 e. The molecule has 4 bridgehead atoms. The van der Waals surface area contributed by atoms with Crippen molar-refractivity contribution in [3.05, 3.63) is 35.4 Å². The molecule has 0 saturated heterocycles. The van der Waals surface area contributed by atoms with Crippen LogP contribution in [0.15, 0.2) is 24.3 Å². The van der Waals surface area contributed by atoms with E-state index in [2.05, 4.69) is 37.1 Å². The monoisotopic (exact) mass is 568 g/mol. The normalized spacial score (nSPS) is 37.2. The van der Waals surface area contributed by atoms with Crippen molar-refractivity contribution >= 4 is 20.0 Å². The largest absolute Gasteiger partial charge is 0.392 e. The van der Waals surface area contributed by atoms with Gasteiger partial charge in [-0.25, -0.2) is 26.3 Å². The Kier molecular flexibility index (Phi) is 6.93. The lowest BCUT2D eigenvalue weighted by Crippen LogP contribution is -2.47. The molecule has 6 unspecified atom stereocenters. The summed E-state index contributed by atoms with van der Waals surface area (Å²) >= 11 is 0. The molecular weight excluding hydrogens is 524 g/mol. The summed E-state index contributed by atoms with van der Waals surface area (Å²) in [6, 6.07) is 7.23. The molecule has 4 fully saturated rings. The fourth-order valence-electron chi connectivity index (χ4n) is 8.77. The Morgan fingerprint density at radius 1 is 0.763 bits per heavy atom. The van der Waals surface area contributed by atoms with Gasteiger partial charge in [0, 0.05) is 23.9 Å². The molecule has 38 heavy (non-hydrogen) atoms. The Hall–Kier alpha value is -1.04. The van der Waals surface area contributed by atoms with Crippen molar-refractivity contribution in [3.63, 3.8) is 0 Å². The summed E-state index contributed by atoms with van der Waals surface area (Å²) in [7, 11) is -7.28. The number of hydrogen-bond donors (Lipinski definition) is 4. The average Bonchev–Trinajstić information content (AvgIpc) is 3.35. The molecule has 0 amide bonds. The molecule has 4 N–H and O–H groups in total. The van der Waals surface area contributed by atoms with Crippen molar-refractivity contribution in [2.24, 2.45) is 33.5 Å². The fraction of sp³-hybridized carbons (Fsp3) is 0.786. The van der Waals surface area contributed by atoms with Crippen molar-refractivity contribution in [1.82, 2.24) is 9.44 Å². The second kappa shape index (κ2) is 9.24. The van der Waals surface area contributed by atoms with E-state index >= 15 is 0 Å². The van der Waals surface area contributed by atoms with Gasteiger partial charge in [0.1, 0.15) is 0 Å². The third-order valence-electron chi connectivity index (χ3n) is 11.7. The molecule has 6 atom stereocenters. The maximum Gasteiger partial charge on any atom is 0.212 e. The maximum absolute atomic E-state index is 13.1. The minimum Gasteiger partial charge on any atom is -0.392 e. The fourth-order valence-corrected chi connectivity index (χ4v) is 12.5. The zero-order valence-electron chi connectivity index (χ0n) is 23.0. The van der Waals surface area contributed by atoms with E-state index in [4.69, 9.17) is 0 Å². The number of sulfonamides is 2. The highest BCUT2D eigenvalue weighted by Crippen LogP contribution is 2.67. The number of nitrogens with one attached hydrogen (secondary N) is 2. The second-order valence-electron chi connectivity index (χ2n) is 13.7. The lowest BCUT2D eigenvalue weighted by molar-refractivity contribution is 0.0150. The van der Waals surface area contributed by atoms with Crippen LogP contribution in [0.3, 0.4) is 0 Å². The van der Waals surface area contributed by atoms with Crippen LogP contribution in [0.5, 0.6) is 0 Å². The van der Waals surface area contributed by atoms with E-state index in [9.17, 15) is 27.0 Å². The predicted octanol–water partition coefficient (Wildman–Crippen LogP) is 2.90. The summed E-state index contributed by atoms with van der Waals surface area (Å²) in [6.45, 7) is 8.54. The van der Waals surface area contributed by atoms with E-state index in [1.807, 2.05) is 18.2 Å². The Labute approximate surface area is 228 Å². The summed E-state index contributed by atoms with van der Waals surface area (Å²) in [4.78, 5) is 0. The van der Waals surface area contributed by atoms with E-state index in [0.717, 1.165) is 36.8 Å². The van der Waals surface area contributed by atoms with Gasteiger partial charge in [0.2, 0.25) is 20.0 Å². The quantitative estimate of drug-likeness (QED) is 0.343. The summed E-state index contributed by atoms with van der Waals surface area (Å²) in [5.41, 5.74) is -0.207. The number of hydrogen-bond acceptors (Lipinski definition) is 6. The van der Waals surface area contributed by atoms with E-state index < -0.39 is 43.1 Å². The molecule has 0 aliphatic heterocycles. The molecule has 0 heterocycles. The maximum atomic E-state index is 13.1. The summed E-state index contributed by atoms with van der Waals surface area (Å²) in [5.74, 6) is 0.529. The zero-order chi connectivity index (χ0) is 27.8. The third-order valence-corrected chi connectivity index (χ3v) is 14.6. The summed E-state index contributed by atoms with van der Waals surface area (Å²) in [6.07, 6.45) is 3.48. The van der Waals surface area contributed by atoms with Crippen LogP contribution in [-0.4, -0.2) is 50.8 Å². The molecule has 0 radical (unpaired) electrons. The highest BCUT2D eigenvalue weighted by Gasteiger charge is 2.66. The molecule has 0 aromatic heterocycles. The van der Waals surface area contributed by atoms with Gasteiger partial charge in [-0.05, 0) is 72.3 Å². The average molecular weight is 569 g/mol. The summed E-state index contributed by atoms with van der Waals surface area (Å²) in [5, 5.41) is 21.4. The second-order valence-corrected chi connectivity index (χ2v) is 17.3. The van der Waals surface area contributed by atoms with E-state index in [-0.39, 0.29) is 35.4 Å². The molecule has 214 valence electrons. The van der Waals surface area contributed by atoms with Crippen LogP contribution in [-0.2, 0) is 33.1 Å². The van der Waals surface area contributed by atoms with E-state index in [1.165, 1.54) is 0 Å². The van der Waals surface area contributed by atoms with Gasteiger partial charge in [0.15, 0.2) is 0 Å². The minimum atomic E-state index is -3.64. The molecule has 4 aliphatic rings. The molecule has 0 spiro atoms. The van der Waals surface area contributed by atoms with Crippen LogP contribution in [0.2, 0.25) is 0 Å². The third kappa shape index (κ3) is 4.47. The molecule has 4 aliphatic carbocycles. The Balaban J connectivity index is 1.20. The highest BCUT2D eigenvalue weighted by molar-refractivity contribution is 7.89. The topological polar surface area (TPSA) is 133 Å². The first-order chi connectivity index (χ1) is 17.5. The molecule has 10 heteroatoms. The van der Waals surface area contributed by atoms with Crippen LogP contribution in [0.1, 0.15) is 77.3 Å². The predicted molar refractivity (Wildman–Crippen MR) is 147 cm³/mol. The molecule has 8 nitrogen and oxygen atoms in total. The van der Waals surface area contributed by atoms with Gasteiger partial charge in [-0.1, -0.05) is 52.0 Å². The van der Waals surface area contributed by atoms with Gasteiger partial charge in [0.05, 0.1) is 23.7 Å². The molecule has 1 aromatic rings. The van der Waals surface area contributed by atoms with Crippen molar-refractivity contribution in [2.45, 2.75) is 91.5 Å². The lowest BCUT2D eigenvalue weighted by Gasteiger charge is -2.40. The van der Waals surface area contributed by atoms with Gasteiger partial charge in [-0.15, -0.1) is 0 Å². The first-order valence-electron chi connectivity index (χ1n) is 13.9. The van der Waals surface area contributed by atoms with Crippen molar-refractivity contribution in [2.75, 3.05) is 11.5 Å². The van der Waals surface area contributed by atoms with Crippen molar-refractivity contribution in [3.8, 4) is 0 Å². The van der Waals surface area contributed by atoms with Gasteiger partial charge < -0.3 is 10.2 Å². The molecular formula is C28H44N2O6S2. The van der Waals surface area contributed by atoms with E-state index in [1.54, 1.807) is 6.07 Å². The van der Waals surface area contributed by atoms with Crippen molar-refractivity contribution in [1.29, 1.82) is 0 Å². The Bertz CT molecular complexity index is 1200. The van der Waals surface area contributed by atoms with Gasteiger partial charge in [-0.3, -0.25) is 0 Å². The number of rotatable bonds is 10. The van der Waals surface area contributed by atoms with Crippen LogP contribution >= 0.6 is 0 Å². The van der Waals surface area contributed by atoms with Crippen LogP contribution < -0.4 is 9.44 Å². The minimum absolute atomic E-state index is 0.0883. The van der Waals surface area contributed by atoms with Gasteiger partial charge in [0.25, 0.3) is 0 Å².